The molecule has 0 bridgehead atoms. The molecule has 0 aliphatic carbocycles. The lowest BCUT2D eigenvalue weighted by atomic mass is 9.99. The van der Waals surface area contributed by atoms with Gasteiger partial charge in [0.1, 0.15) is 5.82 Å². The van der Waals surface area contributed by atoms with E-state index in [9.17, 15) is 8.42 Å². The Kier molecular flexibility index (Phi) is 5.67. The van der Waals surface area contributed by atoms with Crippen molar-refractivity contribution in [2.75, 3.05) is 26.8 Å². The van der Waals surface area contributed by atoms with Crippen LogP contribution in [0.15, 0.2) is 35.2 Å². The molecule has 2 aromatic rings. The van der Waals surface area contributed by atoms with Crippen molar-refractivity contribution >= 4 is 22.2 Å². The van der Waals surface area contributed by atoms with Crippen LogP contribution >= 0.6 is 12.2 Å². The standard InChI is InChI=1S/C16H22N4O3S2/c1-23-11-10-20-15(17-18-16(20)24)13-6-5-9-19(12-13)25(21,22)14-7-3-2-4-8-14/h2-4,7-8,13H,5-6,9-12H2,1H3,(H,18,24)/t13-/m0/s1. The second-order valence-electron chi connectivity index (χ2n) is 6.05. The van der Waals surface area contributed by atoms with Gasteiger partial charge >= 0.3 is 0 Å². The molecule has 0 spiro atoms. The Bertz CT molecular complexity index is 861. The van der Waals surface area contributed by atoms with Gasteiger partial charge in [-0.05, 0) is 37.2 Å². The van der Waals surface area contributed by atoms with E-state index < -0.39 is 10.0 Å². The van der Waals surface area contributed by atoms with E-state index in [2.05, 4.69) is 10.2 Å². The lowest BCUT2D eigenvalue weighted by Crippen LogP contribution is -2.39. The molecule has 3 rings (SSSR count). The minimum atomic E-state index is -3.49. The molecule has 1 fully saturated rings. The number of H-pyrrole nitrogens is 1. The number of sulfonamides is 1. The molecule has 1 aromatic heterocycles. The highest BCUT2D eigenvalue weighted by atomic mass is 32.2. The van der Waals surface area contributed by atoms with Crippen molar-refractivity contribution in [3.63, 3.8) is 0 Å². The fourth-order valence-corrected chi connectivity index (χ4v) is 4.93. The molecule has 0 unspecified atom stereocenters. The first-order valence-electron chi connectivity index (χ1n) is 8.23. The molecule has 0 radical (unpaired) electrons. The zero-order chi connectivity index (χ0) is 17.9. The van der Waals surface area contributed by atoms with Crippen LogP contribution in [0.25, 0.3) is 0 Å². The van der Waals surface area contributed by atoms with Crippen molar-refractivity contribution in [2.45, 2.75) is 30.2 Å². The van der Waals surface area contributed by atoms with Crippen molar-refractivity contribution in [3.05, 3.63) is 40.9 Å². The molecule has 1 aliphatic heterocycles. The normalized spacial score (nSPS) is 19.2. The fourth-order valence-electron chi connectivity index (χ4n) is 3.15. The number of nitrogens with zero attached hydrogens (tertiary/aromatic N) is 3. The van der Waals surface area contributed by atoms with Crippen molar-refractivity contribution in [1.29, 1.82) is 0 Å². The van der Waals surface area contributed by atoms with Gasteiger partial charge < -0.3 is 9.30 Å². The molecule has 1 saturated heterocycles. The summed E-state index contributed by atoms with van der Waals surface area (Å²) in [5, 5.41) is 7.17. The number of benzene rings is 1. The molecule has 2 heterocycles. The molecule has 1 aliphatic rings. The second-order valence-corrected chi connectivity index (χ2v) is 8.37. The van der Waals surface area contributed by atoms with Crippen LogP contribution in [0.2, 0.25) is 0 Å². The number of hydrogen-bond acceptors (Lipinski definition) is 5. The average Bonchev–Trinajstić information content (AvgIpc) is 3.01. The predicted octanol–water partition coefficient (Wildman–Crippen LogP) is 2.16. The molecular weight excluding hydrogens is 360 g/mol. The molecule has 1 aromatic carbocycles. The van der Waals surface area contributed by atoms with Gasteiger partial charge in [-0.1, -0.05) is 18.2 Å². The Morgan fingerprint density at radius 2 is 2.12 bits per heavy atom. The summed E-state index contributed by atoms with van der Waals surface area (Å²) >= 11 is 5.29. The van der Waals surface area contributed by atoms with Crippen LogP contribution in [0.4, 0.5) is 0 Å². The van der Waals surface area contributed by atoms with E-state index in [0.717, 1.165) is 18.7 Å². The third kappa shape index (κ3) is 3.84. The van der Waals surface area contributed by atoms with Gasteiger partial charge in [0, 0.05) is 32.7 Å². The summed E-state index contributed by atoms with van der Waals surface area (Å²) in [6.45, 7) is 2.06. The van der Waals surface area contributed by atoms with E-state index in [1.165, 1.54) is 0 Å². The SMILES string of the molecule is COCCn1c([C@H]2CCCN(S(=O)(=O)c3ccccc3)C2)n[nH]c1=S. The van der Waals surface area contributed by atoms with E-state index in [4.69, 9.17) is 17.0 Å². The highest BCUT2D eigenvalue weighted by Crippen LogP contribution is 2.29. The third-order valence-electron chi connectivity index (χ3n) is 4.44. The zero-order valence-electron chi connectivity index (χ0n) is 14.1. The number of methoxy groups -OCH3 is 1. The van der Waals surface area contributed by atoms with E-state index in [1.807, 2.05) is 10.6 Å². The third-order valence-corrected chi connectivity index (χ3v) is 6.63. The van der Waals surface area contributed by atoms with Crippen LogP contribution in [0, 0.1) is 4.77 Å². The van der Waals surface area contributed by atoms with Crippen LogP contribution in [-0.4, -0.2) is 54.3 Å². The van der Waals surface area contributed by atoms with E-state index in [-0.39, 0.29) is 5.92 Å². The minimum absolute atomic E-state index is 0.0112. The van der Waals surface area contributed by atoms with Gasteiger partial charge in [0.15, 0.2) is 4.77 Å². The van der Waals surface area contributed by atoms with Crippen molar-refractivity contribution < 1.29 is 13.2 Å². The summed E-state index contributed by atoms with van der Waals surface area (Å²) < 4.78 is 34.9. The number of aromatic amines is 1. The summed E-state index contributed by atoms with van der Waals surface area (Å²) in [5.74, 6) is 0.812. The van der Waals surface area contributed by atoms with Crippen LogP contribution in [0.5, 0.6) is 0 Å². The molecule has 1 atom stereocenters. The summed E-state index contributed by atoms with van der Waals surface area (Å²) in [6.07, 6.45) is 1.67. The molecule has 1 N–H and O–H groups in total. The predicted molar refractivity (Wildman–Crippen MR) is 96.5 cm³/mol. The van der Waals surface area contributed by atoms with E-state index in [1.54, 1.807) is 35.7 Å². The molecule has 25 heavy (non-hydrogen) atoms. The van der Waals surface area contributed by atoms with Gasteiger partial charge in [-0.2, -0.15) is 9.40 Å². The van der Waals surface area contributed by atoms with Gasteiger partial charge in [0.25, 0.3) is 0 Å². The smallest absolute Gasteiger partial charge is 0.243 e. The summed E-state index contributed by atoms with van der Waals surface area (Å²) in [5.41, 5.74) is 0. The van der Waals surface area contributed by atoms with Gasteiger partial charge in [0.05, 0.1) is 11.5 Å². The van der Waals surface area contributed by atoms with Crippen LogP contribution in [-0.2, 0) is 21.3 Å². The van der Waals surface area contributed by atoms with Crippen LogP contribution < -0.4 is 0 Å². The Morgan fingerprint density at radius 3 is 2.84 bits per heavy atom. The van der Waals surface area contributed by atoms with Gasteiger partial charge in [-0.25, -0.2) is 8.42 Å². The number of piperidine rings is 1. The largest absolute Gasteiger partial charge is 0.383 e. The van der Waals surface area contributed by atoms with Gasteiger partial charge in [-0.15, -0.1) is 0 Å². The number of hydrogen-bond donors (Lipinski definition) is 1. The van der Waals surface area contributed by atoms with Gasteiger partial charge in [-0.3, -0.25) is 5.10 Å². The van der Waals surface area contributed by atoms with Crippen LogP contribution in [0.3, 0.4) is 0 Å². The molecular formula is C16H22N4O3S2. The maximum Gasteiger partial charge on any atom is 0.243 e. The first-order chi connectivity index (χ1) is 12.0. The lowest BCUT2D eigenvalue weighted by Gasteiger charge is -2.31. The van der Waals surface area contributed by atoms with Crippen LogP contribution in [0.1, 0.15) is 24.6 Å². The lowest BCUT2D eigenvalue weighted by molar-refractivity contribution is 0.184. The monoisotopic (exact) mass is 382 g/mol. The first-order valence-corrected chi connectivity index (χ1v) is 10.1. The maximum absolute atomic E-state index is 12.9. The average molecular weight is 383 g/mol. The molecule has 0 amide bonds. The minimum Gasteiger partial charge on any atom is -0.383 e. The van der Waals surface area contributed by atoms with E-state index >= 15 is 0 Å². The number of nitrogens with one attached hydrogen (secondary N) is 1. The van der Waals surface area contributed by atoms with E-state index in [0.29, 0.717) is 35.9 Å². The van der Waals surface area contributed by atoms with Crippen molar-refractivity contribution in [3.8, 4) is 0 Å². The topological polar surface area (TPSA) is 80.2 Å². The Labute approximate surface area is 152 Å². The van der Waals surface area contributed by atoms with Crippen molar-refractivity contribution in [1.82, 2.24) is 19.1 Å². The maximum atomic E-state index is 12.9. The number of aromatic nitrogens is 3. The Balaban J connectivity index is 1.84. The highest BCUT2D eigenvalue weighted by Gasteiger charge is 2.32. The fraction of sp³-hybridized carbons (Fsp3) is 0.500. The quantitative estimate of drug-likeness (QED) is 0.775. The summed E-state index contributed by atoms with van der Waals surface area (Å²) in [7, 11) is -1.85. The Hall–Kier alpha value is -1.55. The van der Waals surface area contributed by atoms with Crippen molar-refractivity contribution in [2.24, 2.45) is 0 Å². The molecule has 136 valence electrons. The highest BCUT2D eigenvalue weighted by molar-refractivity contribution is 7.89. The first kappa shape index (κ1) is 18.2. The molecule has 7 nitrogen and oxygen atoms in total. The number of ether oxygens (including phenoxy) is 1. The zero-order valence-corrected chi connectivity index (χ0v) is 15.7. The Morgan fingerprint density at radius 1 is 1.36 bits per heavy atom. The summed E-state index contributed by atoms with van der Waals surface area (Å²) in [6, 6.07) is 8.56. The second kappa shape index (κ2) is 7.77. The molecule has 9 heteroatoms. The van der Waals surface area contributed by atoms with Gasteiger partial charge in [0.2, 0.25) is 10.0 Å². The molecule has 0 saturated carbocycles. The number of rotatable bonds is 6. The summed E-state index contributed by atoms with van der Waals surface area (Å²) in [4.78, 5) is 0.328.